The number of halogens is 1. The molecular formula is C17H13ClN2. The van der Waals surface area contributed by atoms with E-state index in [2.05, 4.69) is 9.97 Å². The van der Waals surface area contributed by atoms with Crippen LogP contribution in [0.1, 0.15) is 16.7 Å². The van der Waals surface area contributed by atoms with Crippen molar-refractivity contribution in [2.24, 2.45) is 0 Å². The van der Waals surface area contributed by atoms with Gasteiger partial charge >= 0.3 is 0 Å². The molecule has 0 aliphatic rings. The molecule has 0 N–H and O–H groups in total. The SMILES string of the molecule is ClC(c1ccccc1)(c1ccccc1)c1cncnc1. The molecule has 0 aliphatic heterocycles. The molecule has 98 valence electrons. The molecule has 0 atom stereocenters. The first-order valence-corrected chi connectivity index (χ1v) is 6.75. The molecule has 2 nitrogen and oxygen atoms in total. The van der Waals surface area contributed by atoms with E-state index >= 15 is 0 Å². The summed E-state index contributed by atoms with van der Waals surface area (Å²) in [5.74, 6) is 0. The van der Waals surface area contributed by atoms with Gasteiger partial charge in [0.15, 0.2) is 0 Å². The van der Waals surface area contributed by atoms with Crippen molar-refractivity contribution in [3.05, 3.63) is 96.1 Å². The van der Waals surface area contributed by atoms with Crippen molar-refractivity contribution in [2.45, 2.75) is 4.87 Å². The minimum absolute atomic E-state index is 0.774. The first kappa shape index (κ1) is 12.8. The Labute approximate surface area is 123 Å². The van der Waals surface area contributed by atoms with Gasteiger partial charge < -0.3 is 0 Å². The van der Waals surface area contributed by atoms with Crippen molar-refractivity contribution in [2.75, 3.05) is 0 Å². The topological polar surface area (TPSA) is 25.8 Å². The molecule has 3 rings (SSSR count). The molecule has 0 aliphatic carbocycles. The Balaban J connectivity index is 2.24. The Morgan fingerprint density at radius 2 is 1.10 bits per heavy atom. The quantitative estimate of drug-likeness (QED) is 0.678. The maximum absolute atomic E-state index is 7.04. The summed E-state index contributed by atoms with van der Waals surface area (Å²) < 4.78 is 0. The Hall–Kier alpha value is -2.19. The summed E-state index contributed by atoms with van der Waals surface area (Å²) in [4.78, 5) is 7.44. The van der Waals surface area contributed by atoms with E-state index in [1.54, 1.807) is 12.4 Å². The lowest BCUT2D eigenvalue weighted by Gasteiger charge is -2.28. The smallest absolute Gasteiger partial charge is 0.122 e. The van der Waals surface area contributed by atoms with E-state index in [9.17, 15) is 0 Å². The fourth-order valence-corrected chi connectivity index (χ4v) is 2.66. The van der Waals surface area contributed by atoms with E-state index in [0.29, 0.717) is 0 Å². The van der Waals surface area contributed by atoms with Crippen molar-refractivity contribution in [3.63, 3.8) is 0 Å². The predicted molar refractivity (Wildman–Crippen MR) is 80.7 cm³/mol. The predicted octanol–water partition coefficient (Wildman–Crippen LogP) is 4.01. The van der Waals surface area contributed by atoms with Crippen LogP contribution in [0.5, 0.6) is 0 Å². The second-order valence-electron chi connectivity index (χ2n) is 4.52. The maximum Gasteiger partial charge on any atom is 0.122 e. The molecule has 3 heteroatoms. The van der Waals surface area contributed by atoms with Gasteiger partial charge in [0.25, 0.3) is 0 Å². The lowest BCUT2D eigenvalue weighted by molar-refractivity contribution is 0.856. The summed E-state index contributed by atoms with van der Waals surface area (Å²) in [7, 11) is 0. The van der Waals surface area contributed by atoms with E-state index < -0.39 is 4.87 Å². The highest BCUT2D eigenvalue weighted by atomic mass is 35.5. The van der Waals surface area contributed by atoms with Crippen molar-refractivity contribution in [1.82, 2.24) is 9.97 Å². The van der Waals surface area contributed by atoms with Gasteiger partial charge in [-0.25, -0.2) is 9.97 Å². The summed E-state index contributed by atoms with van der Waals surface area (Å²) in [6.07, 6.45) is 5.04. The zero-order valence-corrected chi connectivity index (χ0v) is 11.5. The zero-order chi connectivity index (χ0) is 13.8. The van der Waals surface area contributed by atoms with Gasteiger partial charge in [0.05, 0.1) is 0 Å². The van der Waals surface area contributed by atoms with Crippen molar-refractivity contribution in [1.29, 1.82) is 0 Å². The zero-order valence-electron chi connectivity index (χ0n) is 10.8. The van der Waals surface area contributed by atoms with Gasteiger partial charge in [-0.3, -0.25) is 0 Å². The van der Waals surface area contributed by atoms with Crippen LogP contribution in [0, 0.1) is 0 Å². The van der Waals surface area contributed by atoms with Crippen molar-refractivity contribution >= 4 is 11.6 Å². The summed E-state index contributed by atoms with van der Waals surface area (Å²) in [5, 5.41) is 0. The monoisotopic (exact) mass is 280 g/mol. The molecule has 0 bridgehead atoms. The highest BCUT2D eigenvalue weighted by Crippen LogP contribution is 2.42. The van der Waals surface area contributed by atoms with Crippen LogP contribution < -0.4 is 0 Å². The van der Waals surface area contributed by atoms with Gasteiger partial charge in [0.1, 0.15) is 11.2 Å². The number of nitrogens with zero attached hydrogens (tertiary/aromatic N) is 2. The van der Waals surface area contributed by atoms with Crippen LogP contribution in [0.25, 0.3) is 0 Å². The Kier molecular flexibility index (Phi) is 3.48. The minimum atomic E-state index is -0.774. The molecule has 0 radical (unpaired) electrons. The van der Waals surface area contributed by atoms with Crippen LogP contribution in [0.3, 0.4) is 0 Å². The second kappa shape index (κ2) is 5.43. The van der Waals surface area contributed by atoms with Crippen molar-refractivity contribution in [3.8, 4) is 0 Å². The molecule has 2 aromatic carbocycles. The standard InChI is InChI=1S/C17H13ClN2/c18-17(14-7-3-1-4-8-14,15-9-5-2-6-10-15)16-11-19-13-20-12-16/h1-13H. The van der Waals surface area contributed by atoms with Crippen molar-refractivity contribution < 1.29 is 0 Å². The molecule has 0 saturated carbocycles. The second-order valence-corrected chi connectivity index (χ2v) is 5.08. The first-order chi connectivity index (χ1) is 9.82. The van der Waals surface area contributed by atoms with Gasteiger partial charge in [-0.15, -0.1) is 11.6 Å². The highest BCUT2D eigenvalue weighted by molar-refractivity contribution is 6.28. The summed E-state index contributed by atoms with van der Waals surface area (Å²) in [6.45, 7) is 0. The number of benzene rings is 2. The Bertz CT molecular complexity index is 572. The summed E-state index contributed by atoms with van der Waals surface area (Å²) >= 11 is 7.04. The molecule has 1 aromatic heterocycles. The molecule has 3 aromatic rings. The normalized spacial score (nSPS) is 11.2. The lowest BCUT2D eigenvalue weighted by atomic mass is 9.85. The first-order valence-electron chi connectivity index (χ1n) is 6.37. The molecule has 0 fully saturated rings. The minimum Gasteiger partial charge on any atom is -0.244 e. The fourth-order valence-electron chi connectivity index (χ4n) is 2.31. The van der Waals surface area contributed by atoms with Crippen LogP contribution in [0.4, 0.5) is 0 Å². The molecule has 0 amide bonds. The van der Waals surface area contributed by atoms with Crippen LogP contribution in [0.2, 0.25) is 0 Å². The molecule has 1 heterocycles. The number of aromatic nitrogens is 2. The van der Waals surface area contributed by atoms with Crippen LogP contribution in [-0.2, 0) is 4.87 Å². The molecular weight excluding hydrogens is 268 g/mol. The Morgan fingerprint density at radius 3 is 1.55 bits per heavy atom. The van der Waals surface area contributed by atoms with Gasteiger partial charge in [-0.05, 0) is 11.1 Å². The van der Waals surface area contributed by atoms with E-state index in [1.165, 1.54) is 6.33 Å². The third-order valence-electron chi connectivity index (χ3n) is 3.30. The van der Waals surface area contributed by atoms with Gasteiger partial charge in [0.2, 0.25) is 0 Å². The van der Waals surface area contributed by atoms with Gasteiger partial charge in [0, 0.05) is 18.0 Å². The number of hydrogen-bond acceptors (Lipinski definition) is 2. The average Bonchev–Trinajstić information content (AvgIpc) is 2.56. The number of hydrogen-bond donors (Lipinski definition) is 0. The van der Waals surface area contributed by atoms with Gasteiger partial charge in [-0.1, -0.05) is 60.7 Å². The van der Waals surface area contributed by atoms with Crippen LogP contribution in [0.15, 0.2) is 79.4 Å². The third kappa shape index (κ3) is 2.19. The molecule has 0 unspecified atom stereocenters. The molecule has 0 saturated heterocycles. The fraction of sp³-hybridized carbons (Fsp3) is 0.0588. The Morgan fingerprint density at radius 1 is 0.650 bits per heavy atom. The summed E-state index contributed by atoms with van der Waals surface area (Å²) in [5.41, 5.74) is 2.87. The van der Waals surface area contributed by atoms with Crippen LogP contribution >= 0.6 is 11.6 Å². The molecule has 0 spiro atoms. The van der Waals surface area contributed by atoms with E-state index in [0.717, 1.165) is 16.7 Å². The third-order valence-corrected chi connectivity index (χ3v) is 3.96. The van der Waals surface area contributed by atoms with E-state index in [4.69, 9.17) is 11.6 Å². The highest BCUT2D eigenvalue weighted by Gasteiger charge is 2.34. The number of alkyl halides is 1. The van der Waals surface area contributed by atoms with E-state index in [-0.39, 0.29) is 0 Å². The molecule has 20 heavy (non-hydrogen) atoms. The maximum atomic E-state index is 7.04. The lowest BCUT2D eigenvalue weighted by Crippen LogP contribution is -2.22. The van der Waals surface area contributed by atoms with E-state index in [1.807, 2.05) is 60.7 Å². The van der Waals surface area contributed by atoms with Crippen LogP contribution in [-0.4, -0.2) is 9.97 Å². The largest absolute Gasteiger partial charge is 0.244 e. The van der Waals surface area contributed by atoms with Gasteiger partial charge in [-0.2, -0.15) is 0 Å². The summed E-state index contributed by atoms with van der Waals surface area (Å²) in [6, 6.07) is 20.0. The average molecular weight is 281 g/mol. The number of rotatable bonds is 3.